The summed E-state index contributed by atoms with van der Waals surface area (Å²) in [4.78, 5) is 11.8. The molecule has 0 spiro atoms. The van der Waals surface area contributed by atoms with Crippen molar-refractivity contribution in [1.82, 2.24) is 0 Å². The van der Waals surface area contributed by atoms with Gasteiger partial charge in [0.1, 0.15) is 0 Å². The number of ether oxygens (including phenoxy) is 4. The van der Waals surface area contributed by atoms with Gasteiger partial charge >= 0.3 is 35.5 Å². The van der Waals surface area contributed by atoms with Gasteiger partial charge in [0.25, 0.3) is 0 Å². The number of hydrogen-bond donors (Lipinski definition) is 2. The summed E-state index contributed by atoms with van der Waals surface area (Å²) in [6.45, 7) is 0.0292. The van der Waals surface area contributed by atoms with Crippen molar-refractivity contribution < 1.29 is 63.5 Å². The summed E-state index contributed by atoms with van der Waals surface area (Å²) in [5.74, 6) is 0.836. The molecule has 2 N–H and O–H groups in total. The summed E-state index contributed by atoms with van der Waals surface area (Å²) in [6.07, 6.45) is 1.91. The van der Waals surface area contributed by atoms with Crippen LogP contribution in [0.4, 0.5) is 0 Å². The minimum Gasteiger partial charge on any atom is -0.478 e. The summed E-state index contributed by atoms with van der Waals surface area (Å²) < 4.78 is 21.2. The fourth-order valence-electron chi connectivity index (χ4n) is 3.16. The molecule has 2 aromatic rings. The summed E-state index contributed by atoms with van der Waals surface area (Å²) in [7, 11) is 0. The molecule has 2 aliphatic rings. The van der Waals surface area contributed by atoms with E-state index < -0.39 is 11.9 Å². The van der Waals surface area contributed by atoms with Crippen molar-refractivity contribution >= 4 is 12.0 Å². The van der Waals surface area contributed by atoms with Crippen molar-refractivity contribution in [3.63, 3.8) is 0 Å². The van der Waals surface area contributed by atoms with E-state index in [1.165, 1.54) is 0 Å². The molecule has 8 heteroatoms. The Balaban J connectivity index is 0.00000225. The summed E-state index contributed by atoms with van der Waals surface area (Å²) >= 11 is 0. The Morgan fingerprint density at radius 3 is 2.21 bits per heavy atom. The zero-order valence-electron chi connectivity index (χ0n) is 15.4. The second-order valence-electron chi connectivity index (χ2n) is 6.29. The van der Waals surface area contributed by atoms with Crippen LogP contribution in [-0.4, -0.2) is 36.4 Å². The average Bonchev–Trinajstić information content (AvgIpc) is 3.32. The number of carbonyl (C=O) groups is 1. The maximum absolute atomic E-state index is 11.8. The van der Waals surface area contributed by atoms with Crippen molar-refractivity contribution in [3.05, 3.63) is 53.1 Å². The zero-order chi connectivity index (χ0) is 18.8. The average molecular weight is 393 g/mol. The number of aliphatic hydroxyl groups excluding tert-OH is 1. The molecular weight excluding hydrogens is 375 g/mol. The van der Waals surface area contributed by atoms with Crippen LogP contribution in [0.25, 0.3) is 6.08 Å². The summed E-state index contributed by atoms with van der Waals surface area (Å²) in [5, 5.41) is 19.5. The van der Waals surface area contributed by atoms with Crippen molar-refractivity contribution in [3.8, 4) is 23.0 Å². The van der Waals surface area contributed by atoms with Crippen LogP contribution in [0.15, 0.2) is 42.0 Å². The third-order valence-electron chi connectivity index (χ3n) is 4.55. The number of hydrogen-bond acceptors (Lipinski definition) is 6. The Labute approximate surface area is 183 Å². The number of rotatable bonds is 6. The molecule has 0 radical (unpaired) electrons. The van der Waals surface area contributed by atoms with E-state index in [1.54, 1.807) is 30.3 Å². The van der Waals surface area contributed by atoms with Crippen LogP contribution >= 0.6 is 0 Å². The standard InChI is InChI=1S/C20H18O7.Na/c21-9-14(5-12-1-3-16-18(7-12)26-10-24-16)15(20(22)23)6-13-2-4-17-19(8-13)27-11-25-17;/h1-4,6-8,14,21H,5,9-11H2,(H,22,23);/q;+1/b15-6-;. The molecule has 2 aromatic carbocycles. The van der Waals surface area contributed by atoms with E-state index >= 15 is 0 Å². The van der Waals surface area contributed by atoms with E-state index in [9.17, 15) is 15.0 Å². The van der Waals surface area contributed by atoms with Gasteiger partial charge < -0.3 is 29.2 Å². The van der Waals surface area contributed by atoms with Crippen LogP contribution in [-0.2, 0) is 11.2 Å². The predicted octanol–water partition coefficient (Wildman–Crippen LogP) is -0.533. The van der Waals surface area contributed by atoms with E-state index in [2.05, 4.69) is 0 Å². The summed E-state index contributed by atoms with van der Waals surface area (Å²) in [5.41, 5.74) is 1.64. The van der Waals surface area contributed by atoms with Gasteiger partial charge in [0, 0.05) is 11.5 Å². The molecule has 0 aromatic heterocycles. The molecule has 28 heavy (non-hydrogen) atoms. The molecule has 2 aliphatic heterocycles. The molecule has 1 atom stereocenters. The molecule has 0 bridgehead atoms. The number of aliphatic carboxylic acids is 1. The van der Waals surface area contributed by atoms with Crippen molar-refractivity contribution in [2.45, 2.75) is 6.42 Å². The monoisotopic (exact) mass is 393 g/mol. The third kappa shape index (κ3) is 4.28. The van der Waals surface area contributed by atoms with Gasteiger partial charge in [-0.1, -0.05) is 12.1 Å². The minimum absolute atomic E-state index is 0. The van der Waals surface area contributed by atoms with Gasteiger partial charge in [-0.25, -0.2) is 4.79 Å². The number of benzene rings is 2. The second kappa shape index (κ2) is 8.87. The van der Waals surface area contributed by atoms with Gasteiger partial charge in [0.15, 0.2) is 23.0 Å². The Morgan fingerprint density at radius 2 is 1.57 bits per heavy atom. The molecule has 4 rings (SSSR count). The van der Waals surface area contributed by atoms with Crippen molar-refractivity contribution in [2.75, 3.05) is 20.2 Å². The SMILES string of the molecule is O=C(O)/C(=C\c1ccc2c(c1)OCO2)C(CO)Cc1ccc2c(c1)OCO2.[Na+]. The van der Waals surface area contributed by atoms with Gasteiger partial charge in [-0.3, -0.25) is 0 Å². The van der Waals surface area contributed by atoms with Crippen LogP contribution in [0, 0.1) is 5.92 Å². The molecular formula is C20H18NaO7+. The largest absolute Gasteiger partial charge is 1.00 e. The van der Waals surface area contributed by atoms with Crippen LogP contribution in [0.5, 0.6) is 23.0 Å². The van der Waals surface area contributed by atoms with Crippen LogP contribution < -0.4 is 48.5 Å². The van der Waals surface area contributed by atoms with Gasteiger partial charge in [0.05, 0.1) is 6.61 Å². The summed E-state index contributed by atoms with van der Waals surface area (Å²) in [6, 6.07) is 10.7. The number of aliphatic hydroxyl groups is 1. The number of carboxylic acid groups (broad SMARTS) is 1. The van der Waals surface area contributed by atoms with E-state index in [-0.39, 0.29) is 55.3 Å². The third-order valence-corrected chi connectivity index (χ3v) is 4.55. The quantitative estimate of drug-likeness (QED) is 0.503. The molecule has 0 fully saturated rings. The molecule has 2 heterocycles. The fourth-order valence-corrected chi connectivity index (χ4v) is 3.16. The van der Waals surface area contributed by atoms with E-state index in [0.29, 0.717) is 35.0 Å². The Kier molecular flexibility index (Phi) is 6.51. The molecule has 0 amide bonds. The second-order valence-corrected chi connectivity index (χ2v) is 6.29. The maximum Gasteiger partial charge on any atom is 1.00 e. The van der Waals surface area contributed by atoms with Crippen LogP contribution in [0.2, 0.25) is 0 Å². The van der Waals surface area contributed by atoms with E-state index in [1.807, 2.05) is 12.1 Å². The van der Waals surface area contributed by atoms with E-state index in [4.69, 9.17) is 18.9 Å². The molecule has 1 unspecified atom stereocenters. The Morgan fingerprint density at radius 1 is 0.964 bits per heavy atom. The van der Waals surface area contributed by atoms with Crippen molar-refractivity contribution in [2.24, 2.45) is 5.92 Å². The van der Waals surface area contributed by atoms with Crippen LogP contribution in [0.3, 0.4) is 0 Å². The molecule has 140 valence electrons. The zero-order valence-corrected chi connectivity index (χ0v) is 17.4. The first kappa shape index (κ1) is 20.5. The number of fused-ring (bicyclic) bond motifs is 2. The first-order valence-electron chi connectivity index (χ1n) is 8.48. The maximum atomic E-state index is 11.8. The first-order valence-corrected chi connectivity index (χ1v) is 8.48. The molecule has 0 saturated carbocycles. The minimum atomic E-state index is -1.08. The number of carboxylic acids is 1. The fraction of sp³-hybridized carbons (Fsp3) is 0.250. The van der Waals surface area contributed by atoms with Crippen LogP contribution in [0.1, 0.15) is 11.1 Å². The Bertz CT molecular complexity index is 909. The van der Waals surface area contributed by atoms with Gasteiger partial charge in [0.2, 0.25) is 13.6 Å². The van der Waals surface area contributed by atoms with Gasteiger partial charge in [-0.15, -0.1) is 0 Å². The van der Waals surface area contributed by atoms with E-state index in [0.717, 1.165) is 5.56 Å². The van der Waals surface area contributed by atoms with Gasteiger partial charge in [-0.2, -0.15) is 0 Å². The normalized spacial score (nSPS) is 15.1. The van der Waals surface area contributed by atoms with Crippen molar-refractivity contribution in [1.29, 1.82) is 0 Å². The molecule has 0 aliphatic carbocycles. The molecule has 0 saturated heterocycles. The predicted molar refractivity (Wildman–Crippen MR) is 95.0 cm³/mol. The molecule has 7 nitrogen and oxygen atoms in total. The Hall–Kier alpha value is -2.19. The van der Waals surface area contributed by atoms with Gasteiger partial charge in [-0.05, 0) is 47.9 Å². The first-order chi connectivity index (χ1) is 13.1. The smallest absolute Gasteiger partial charge is 0.478 e. The topological polar surface area (TPSA) is 94.5 Å².